The Hall–Kier alpha value is -3.60. The van der Waals surface area contributed by atoms with Crippen molar-refractivity contribution in [2.24, 2.45) is 0 Å². The average molecular weight is 431 g/mol. The number of ether oxygens (including phenoxy) is 1. The zero-order valence-corrected chi connectivity index (χ0v) is 19.0. The lowest BCUT2D eigenvalue weighted by Crippen LogP contribution is -2.41. The third-order valence-electron chi connectivity index (χ3n) is 5.32. The molecule has 0 saturated heterocycles. The van der Waals surface area contributed by atoms with Crippen molar-refractivity contribution < 1.29 is 14.3 Å². The lowest BCUT2D eigenvalue weighted by atomic mass is 10.0. The summed E-state index contributed by atoms with van der Waals surface area (Å²) in [7, 11) is 0. The number of hydrogen-bond donors (Lipinski definition) is 1. The summed E-state index contributed by atoms with van der Waals surface area (Å²) in [5.74, 6) is 0.426. The molecule has 1 N–H and O–H groups in total. The number of carbonyl (C=O) groups is 2. The van der Waals surface area contributed by atoms with E-state index < -0.39 is 6.10 Å². The van der Waals surface area contributed by atoms with Gasteiger partial charge in [0, 0.05) is 19.2 Å². The van der Waals surface area contributed by atoms with E-state index in [1.54, 1.807) is 6.92 Å². The highest BCUT2D eigenvalue weighted by Crippen LogP contribution is 2.26. The molecule has 2 unspecified atom stereocenters. The number of benzene rings is 3. The quantitative estimate of drug-likeness (QED) is 0.513. The second-order valence-corrected chi connectivity index (χ2v) is 8.01. The summed E-state index contributed by atoms with van der Waals surface area (Å²) < 4.78 is 5.96. The highest BCUT2D eigenvalue weighted by molar-refractivity contribution is 5.88. The zero-order valence-electron chi connectivity index (χ0n) is 19.0. The molecule has 0 aliphatic rings. The van der Waals surface area contributed by atoms with Crippen molar-refractivity contribution in [3.8, 4) is 5.75 Å². The molecular weight excluding hydrogens is 400 g/mol. The van der Waals surface area contributed by atoms with Crippen LogP contribution in [0.4, 0.5) is 5.69 Å². The molecule has 0 bridgehead atoms. The van der Waals surface area contributed by atoms with E-state index in [2.05, 4.69) is 5.32 Å². The Bertz CT molecular complexity index is 1050. The van der Waals surface area contributed by atoms with Crippen LogP contribution in [0.15, 0.2) is 78.9 Å². The van der Waals surface area contributed by atoms with E-state index in [0.29, 0.717) is 18.0 Å². The van der Waals surface area contributed by atoms with Gasteiger partial charge in [0.05, 0.1) is 6.04 Å². The van der Waals surface area contributed by atoms with Gasteiger partial charge >= 0.3 is 0 Å². The molecule has 32 heavy (non-hydrogen) atoms. The third kappa shape index (κ3) is 6.20. The van der Waals surface area contributed by atoms with Crippen molar-refractivity contribution in [2.75, 3.05) is 5.32 Å². The number of rotatable bonds is 8. The first-order valence-corrected chi connectivity index (χ1v) is 10.8. The molecule has 0 aliphatic heterocycles. The molecule has 0 fully saturated rings. The molecule has 0 aliphatic carbocycles. The Balaban J connectivity index is 1.86. The van der Waals surface area contributed by atoms with Gasteiger partial charge in [-0.25, -0.2) is 0 Å². The first-order valence-electron chi connectivity index (χ1n) is 10.8. The molecule has 0 saturated carbocycles. The Morgan fingerprint density at radius 3 is 2.28 bits per heavy atom. The highest BCUT2D eigenvalue weighted by Gasteiger charge is 2.27. The van der Waals surface area contributed by atoms with Gasteiger partial charge in [0.25, 0.3) is 5.91 Å². The normalized spacial score (nSPS) is 12.5. The Kier molecular flexibility index (Phi) is 7.66. The van der Waals surface area contributed by atoms with Crippen LogP contribution in [0.5, 0.6) is 5.75 Å². The maximum absolute atomic E-state index is 13.5. The number of anilines is 1. The van der Waals surface area contributed by atoms with Gasteiger partial charge in [-0.3, -0.25) is 9.59 Å². The first kappa shape index (κ1) is 23.1. The lowest BCUT2D eigenvalue weighted by molar-refractivity contribution is -0.141. The van der Waals surface area contributed by atoms with Crippen LogP contribution in [-0.2, 0) is 16.1 Å². The number of nitrogens with one attached hydrogen (secondary N) is 1. The first-order chi connectivity index (χ1) is 15.3. The monoisotopic (exact) mass is 430 g/mol. The minimum atomic E-state index is -0.651. The molecule has 3 rings (SSSR count). The van der Waals surface area contributed by atoms with Crippen LogP contribution in [0, 0.1) is 6.92 Å². The number of amides is 2. The van der Waals surface area contributed by atoms with Gasteiger partial charge in [0.2, 0.25) is 5.91 Å². The van der Waals surface area contributed by atoms with E-state index in [9.17, 15) is 9.59 Å². The van der Waals surface area contributed by atoms with Gasteiger partial charge in [-0.2, -0.15) is 0 Å². The second-order valence-electron chi connectivity index (χ2n) is 8.01. The van der Waals surface area contributed by atoms with Crippen LogP contribution in [0.2, 0.25) is 0 Å². The maximum atomic E-state index is 13.5. The van der Waals surface area contributed by atoms with Gasteiger partial charge in [-0.1, -0.05) is 60.2 Å². The fourth-order valence-electron chi connectivity index (χ4n) is 3.55. The smallest absolute Gasteiger partial charge is 0.264 e. The van der Waals surface area contributed by atoms with E-state index in [1.807, 2.05) is 97.6 Å². The standard InChI is InChI=1S/C27H30N2O3/c1-19-13-15-26(16-14-19)32-21(3)27(31)29(18-23-9-6-5-7-10-23)20(2)24-11-8-12-25(17-24)28-22(4)30/h5-17,20-21H,18H2,1-4H3,(H,28,30). The van der Waals surface area contributed by atoms with E-state index >= 15 is 0 Å². The van der Waals surface area contributed by atoms with Crippen molar-refractivity contribution in [3.05, 3.63) is 95.6 Å². The van der Waals surface area contributed by atoms with Gasteiger partial charge in [-0.05, 0) is 56.2 Å². The van der Waals surface area contributed by atoms with Crippen molar-refractivity contribution in [3.63, 3.8) is 0 Å². The largest absolute Gasteiger partial charge is 0.481 e. The van der Waals surface area contributed by atoms with Crippen molar-refractivity contribution in [1.82, 2.24) is 4.90 Å². The van der Waals surface area contributed by atoms with Crippen molar-refractivity contribution >= 4 is 17.5 Å². The van der Waals surface area contributed by atoms with Crippen LogP contribution >= 0.6 is 0 Å². The molecular formula is C27H30N2O3. The maximum Gasteiger partial charge on any atom is 0.264 e. The third-order valence-corrected chi connectivity index (χ3v) is 5.32. The van der Waals surface area contributed by atoms with E-state index in [0.717, 1.165) is 16.7 Å². The van der Waals surface area contributed by atoms with E-state index in [4.69, 9.17) is 4.74 Å². The zero-order chi connectivity index (χ0) is 23.1. The molecule has 5 heteroatoms. The predicted molar refractivity (Wildman–Crippen MR) is 127 cm³/mol. The van der Waals surface area contributed by atoms with Crippen LogP contribution in [-0.4, -0.2) is 22.8 Å². The number of aryl methyl sites for hydroxylation is 1. The highest BCUT2D eigenvalue weighted by atomic mass is 16.5. The summed E-state index contributed by atoms with van der Waals surface area (Å²) >= 11 is 0. The summed E-state index contributed by atoms with van der Waals surface area (Å²) in [4.78, 5) is 26.8. The summed E-state index contributed by atoms with van der Waals surface area (Å²) in [6.45, 7) is 7.71. The molecule has 2 amide bonds. The molecule has 0 aromatic heterocycles. The number of carbonyl (C=O) groups excluding carboxylic acids is 2. The predicted octanol–water partition coefficient (Wildman–Crippen LogP) is 5.51. The lowest BCUT2D eigenvalue weighted by Gasteiger charge is -2.32. The molecule has 5 nitrogen and oxygen atoms in total. The Morgan fingerprint density at radius 1 is 0.938 bits per heavy atom. The van der Waals surface area contributed by atoms with E-state index in [1.165, 1.54) is 6.92 Å². The number of nitrogens with zero attached hydrogens (tertiary/aromatic N) is 1. The van der Waals surface area contributed by atoms with Gasteiger partial charge < -0.3 is 15.0 Å². The van der Waals surface area contributed by atoms with Crippen molar-refractivity contribution in [2.45, 2.75) is 46.4 Å². The second kappa shape index (κ2) is 10.6. The fourth-order valence-corrected chi connectivity index (χ4v) is 3.55. The average Bonchev–Trinajstić information content (AvgIpc) is 2.78. The Morgan fingerprint density at radius 2 is 1.62 bits per heavy atom. The molecule has 3 aromatic rings. The molecule has 0 heterocycles. The topological polar surface area (TPSA) is 58.6 Å². The molecule has 0 spiro atoms. The minimum Gasteiger partial charge on any atom is -0.481 e. The van der Waals surface area contributed by atoms with Gasteiger partial charge in [0.1, 0.15) is 5.75 Å². The molecule has 166 valence electrons. The minimum absolute atomic E-state index is 0.105. The SMILES string of the molecule is CC(=O)Nc1cccc(C(C)N(Cc2ccccc2)C(=O)C(C)Oc2ccc(C)cc2)c1. The summed E-state index contributed by atoms with van der Waals surface area (Å²) in [6.07, 6.45) is -0.651. The summed E-state index contributed by atoms with van der Waals surface area (Å²) in [6, 6.07) is 24.9. The van der Waals surface area contributed by atoms with Crippen LogP contribution in [0.3, 0.4) is 0 Å². The fraction of sp³-hybridized carbons (Fsp3) is 0.259. The number of hydrogen-bond acceptors (Lipinski definition) is 3. The molecule has 0 radical (unpaired) electrons. The molecule has 2 atom stereocenters. The van der Waals surface area contributed by atoms with Crippen LogP contribution in [0.25, 0.3) is 0 Å². The van der Waals surface area contributed by atoms with Gasteiger partial charge in [0.15, 0.2) is 6.10 Å². The van der Waals surface area contributed by atoms with Gasteiger partial charge in [-0.15, -0.1) is 0 Å². The Labute approximate surface area is 190 Å². The van der Waals surface area contributed by atoms with Crippen LogP contribution < -0.4 is 10.1 Å². The molecule has 3 aromatic carbocycles. The van der Waals surface area contributed by atoms with Crippen molar-refractivity contribution in [1.29, 1.82) is 0 Å². The summed E-state index contributed by atoms with van der Waals surface area (Å²) in [5, 5.41) is 2.81. The summed E-state index contributed by atoms with van der Waals surface area (Å²) in [5.41, 5.74) is 3.81. The van der Waals surface area contributed by atoms with Crippen LogP contribution in [0.1, 0.15) is 43.5 Å². The van der Waals surface area contributed by atoms with E-state index in [-0.39, 0.29) is 17.9 Å².